The van der Waals surface area contributed by atoms with E-state index in [1.807, 2.05) is 22.9 Å². The van der Waals surface area contributed by atoms with Crippen LogP contribution in [-0.4, -0.2) is 32.2 Å². The Hall–Kier alpha value is -2.34. The fourth-order valence-electron chi connectivity index (χ4n) is 3.91. The van der Waals surface area contributed by atoms with Gasteiger partial charge in [-0.25, -0.2) is 4.68 Å². The Bertz CT molecular complexity index is 925. The summed E-state index contributed by atoms with van der Waals surface area (Å²) in [6.45, 7) is 0. The first-order chi connectivity index (χ1) is 12.7. The predicted molar refractivity (Wildman–Crippen MR) is 105 cm³/mol. The quantitative estimate of drug-likeness (QED) is 0.594. The molecule has 26 heavy (non-hydrogen) atoms. The molecule has 0 saturated heterocycles. The van der Waals surface area contributed by atoms with Gasteiger partial charge in [0.25, 0.3) is 0 Å². The van der Waals surface area contributed by atoms with Crippen LogP contribution < -0.4 is 14.3 Å². The molecule has 136 valence electrons. The van der Waals surface area contributed by atoms with Gasteiger partial charge in [0.15, 0.2) is 0 Å². The molecule has 3 unspecified atom stereocenters. The Kier molecular flexibility index (Phi) is 4.68. The zero-order chi connectivity index (χ0) is 18.1. The van der Waals surface area contributed by atoms with Gasteiger partial charge in [0.05, 0.1) is 19.9 Å². The summed E-state index contributed by atoms with van der Waals surface area (Å²) in [7, 11) is 5.14. The van der Waals surface area contributed by atoms with Gasteiger partial charge in [-0.3, -0.25) is 4.99 Å². The highest BCUT2D eigenvalue weighted by molar-refractivity contribution is 7.07. The normalized spacial score (nSPS) is 24.7. The Morgan fingerprint density at radius 2 is 2.08 bits per heavy atom. The van der Waals surface area contributed by atoms with Crippen molar-refractivity contribution in [2.75, 3.05) is 21.3 Å². The van der Waals surface area contributed by atoms with Crippen LogP contribution in [0.2, 0.25) is 0 Å². The van der Waals surface area contributed by atoms with Crippen LogP contribution in [0.25, 0.3) is 11.3 Å². The van der Waals surface area contributed by atoms with E-state index >= 15 is 0 Å². The maximum absolute atomic E-state index is 5.56. The molecule has 4 rings (SSSR count). The van der Waals surface area contributed by atoms with E-state index < -0.39 is 0 Å². The fourth-order valence-corrected chi connectivity index (χ4v) is 4.70. The van der Waals surface area contributed by atoms with E-state index in [1.165, 1.54) is 12.8 Å². The standard InChI is InChI=1S/C20H23N3O2S/c1-21-20-23(22-11-15-9-13-4-5-14(15)8-13)18(12-26-20)17-10-16(24-2)6-7-19(17)25-3/h4-7,10-15H,8-9H2,1-3H3. The average Bonchev–Trinajstić information content (AvgIpc) is 3.40. The second-order valence-electron chi connectivity index (χ2n) is 6.71. The molecule has 3 atom stereocenters. The maximum atomic E-state index is 5.56. The summed E-state index contributed by atoms with van der Waals surface area (Å²) < 4.78 is 12.9. The smallest absolute Gasteiger partial charge is 0.205 e. The number of hydrogen-bond acceptors (Lipinski definition) is 5. The molecule has 1 saturated carbocycles. The molecule has 1 aromatic carbocycles. The van der Waals surface area contributed by atoms with E-state index in [0.717, 1.165) is 33.5 Å². The molecule has 6 heteroatoms. The Morgan fingerprint density at radius 3 is 2.73 bits per heavy atom. The summed E-state index contributed by atoms with van der Waals surface area (Å²) in [5, 5.41) is 6.89. The molecule has 1 fully saturated rings. The summed E-state index contributed by atoms with van der Waals surface area (Å²) in [6, 6.07) is 5.80. The first-order valence-corrected chi connectivity index (χ1v) is 9.70. The number of methoxy groups -OCH3 is 2. The van der Waals surface area contributed by atoms with Crippen molar-refractivity contribution in [2.24, 2.45) is 27.8 Å². The number of allylic oxidation sites excluding steroid dienone is 2. The Morgan fingerprint density at radius 1 is 1.19 bits per heavy atom. The van der Waals surface area contributed by atoms with Crippen LogP contribution in [-0.2, 0) is 0 Å². The number of aromatic nitrogens is 1. The van der Waals surface area contributed by atoms with E-state index in [1.54, 1.807) is 32.6 Å². The Labute approximate surface area is 157 Å². The first kappa shape index (κ1) is 17.1. The topological polar surface area (TPSA) is 48.1 Å². The van der Waals surface area contributed by atoms with Crippen LogP contribution in [0.5, 0.6) is 11.5 Å². The summed E-state index contributed by atoms with van der Waals surface area (Å²) in [4.78, 5) is 5.25. The molecule has 2 aliphatic rings. The SMILES string of the molecule is CN=c1scc(-c2cc(OC)ccc2OC)n1N=CC1CC2C=CC1C2. The molecule has 2 aliphatic carbocycles. The van der Waals surface area contributed by atoms with Crippen molar-refractivity contribution < 1.29 is 9.47 Å². The summed E-state index contributed by atoms with van der Waals surface area (Å²) in [6.07, 6.45) is 9.27. The van der Waals surface area contributed by atoms with Gasteiger partial charge in [0, 0.05) is 30.1 Å². The summed E-state index contributed by atoms with van der Waals surface area (Å²) in [5.41, 5.74) is 1.91. The molecule has 1 heterocycles. The number of thiazole rings is 1. The van der Waals surface area contributed by atoms with E-state index in [9.17, 15) is 0 Å². The maximum Gasteiger partial charge on any atom is 0.205 e. The lowest BCUT2D eigenvalue weighted by molar-refractivity contribution is 0.404. The molecule has 0 aliphatic heterocycles. The highest BCUT2D eigenvalue weighted by Crippen LogP contribution is 2.42. The average molecular weight is 369 g/mol. The van der Waals surface area contributed by atoms with Crippen molar-refractivity contribution >= 4 is 17.6 Å². The van der Waals surface area contributed by atoms with Crippen molar-refractivity contribution in [3.05, 3.63) is 40.5 Å². The minimum absolute atomic E-state index is 0.516. The third-order valence-electron chi connectivity index (χ3n) is 5.26. The zero-order valence-electron chi connectivity index (χ0n) is 15.3. The molecule has 2 aromatic rings. The molecular weight excluding hydrogens is 346 g/mol. The monoisotopic (exact) mass is 369 g/mol. The van der Waals surface area contributed by atoms with Gasteiger partial charge in [0.2, 0.25) is 4.80 Å². The highest BCUT2D eigenvalue weighted by Gasteiger charge is 2.34. The van der Waals surface area contributed by atoms with E-state index in [-0.39, 0.29) is 0 Å². The predicted octanol–water partition coefficient (Wildman–Crippen LogP) is 3.81. The second kappa shape index (κ2) is 7.11. The van der Waals surface area contributed by atoms with Crippen molar-refractivity contribution in [3.63, 3.8) is 0 Å². The number of nitrogens with zero attached hydrogens (tertiary/aromatic N) is 3. The summed E-state index contributed by atoms with van der Waals surface area (Å²) >= 11 is 1.57. The van der Waals surface area contributed by atoms with Gasteiger partial charge in [-0.15, -0.1) is 11.3 Å². The van der Waals surface area contributed by atoms with Crippen molar-refractivity contribution in [2.45, 2.75) is 12.8 Å². The van der Waals surface area contributed by atoms with Gasteiger partial charge in [-0.1, -0.05) is 12.2 Å². The molecule has 0 radical (unpaired) electrons. The molecule has 5 nitrogen and oxygen atoms in total. The van der Waals surface area contributed by atoms with E-state index in [2.05, 4.69) is 28.7 Å². The molecule has 1 aromatic heterocycles. The number of ether oxygens (including phenoxy) is 2. The number of benzene rings is 1. The van der Waals surface area contributed by atoms with Gasteiger partial charge in [-0.05, 0) is 42.9 Å². The van der Waals surface area contributed by atoms with Gasteiger partial charge >= 0.3 is 0 Å². The van der Waals surface area contributed by atoms with Crippen LogP contribution >= 0.6 is 11.3 Å². The van der Waals surface area contributed by atoms with Crippen molar-refractivity contribution in [1.29, 1.82) is 0 Å². The zero-order valence-corrected chi connectivity index (χ0v) is 16.1. The lowest BCUT2D eigenvalue weighted by atomic mass is 9.95. The number of hydrogen-bond donors (Lipinski definition) is 0. The van der Waals surface area contributed by atoms with Gasteiger partial charge in [0.1, 0.15) is 11.5 Å². The summed E-state index contributed by atoms with van der Waals surface area (Å²) in [5.74, 6) is 3.47. The molecule has 2 bridgehead atoms. The number of fused-ring (bicyclic) bond motifs is 2. The van der Waals surface area contributed by atoms with Crippen molar-refractivity contribution in [3.8, 4) is 22.8 Å². The van der Waals surface area contributed by atoms with Crippen LogP contribution in [0.3, 0.4) is 0 Å². The lowest BCUT2D eigenvalue weighted by Crippen LogP contribution is -2.15. The molecule has 0 amide bonds. The highest BCUT2D eigenvalue weighted by atomic mass is 32.1. The minimum Gasteiger partial charge on any atom is -0.497 e. The second-order valence-corrected chi connectivity index (χ2v) is 7.55. The third kappa shape index (κ3) is 2.98. The van der Waals surface area contributed by atoms with E-state index in [0.29, 0.717) is 11.8 Å². The Balaban J connectivity index is 1.75. The van der Waals surface area contributed by atoms with E-state index in [4.69, 9.17) is 14.6 Å². The molecular formula is C20H23N3O2S. The van der Waals surface area contributed by atoms with Crippen LogP contribution in [0.15, 0.2) is 45.8 Å². The van der Waals surface area contributed by atoms with Gasteiger partial charge in [-0.2, -0.15) is 5.10 Å². The van der Waals surface area contributed by atoms with Crippen LogP contribution in [0.4, 0.5) is 0 Å². The third-order valence-corrected chi connectivity index (χ3v) is 6.17. The lowest BCUT2D eigenvalue weighted by Gasteiger charge is -2.13. The molecule has 0 spiro atoms. The van der Waals surface area contributed by atoms with Crippen LogP contribution in [0, 0.1) is 17.8 Å². The van der Waals surface area contributed by atoms with Gasteiger partial charge < -0.3 is 9.47 Å². The van der Waals surface area contributed by atoms with Crippen molar-refractivity contribution in [1.82, 2.24) is 4.68 Å². The largest absolute Gasteiger partial charge is 0.497 e. The number of rotatable bonds is 5. The minimum atomic E-state index is 0.516. The fraction of sp³-hybridized carbons (Fsp3) is 0.400. The first-order valence-electron chi connectivity index (χ1n) is 8.82. The molecule has 0 N–H and O–H groups in total. The van der Waals surface area contributed by atoms with Crippen LogP contribution in [0.1, 0.15) is 12.8 Å².